The van der Waals surface area contributed by atoms with Gasteiger partial charge >= 0.3 is 0 Å². The lowest BCUT2D eigenvalue weighted by Gasteiger charge is -2.06. The van der Waals surface area contributed by atoms with Crippen LogP contribution in [-0.2, 0) is 0 Å². The molecule has 0 unspecified atom stereocenters. The van der Waals surface area contributed by atoms with Crippen molar-refractivity contribution in [2.24, 2.45) is 0 Å². The van der Waals surface area contributed by atoms with Crippen molar-refractivity contribution in [3.05, 3.63) is 59.9 Å². The lowest BCUT2D eigenvalue weighted by Crippen LogP contribution is -2.18. The van der Waals surface area contributed by atoms with Crippen LogP contribution in [0.4, 0.5) is 0 Å². The van der Waals surface area contributed by atoms with Crippen LogP contribution in [0.15, 0.2) is 38.9 Å². The second-order valence-corrected chi connectivity index (χ2v) is 7.20. The Balaban J connectivity index is 2.26. The van der Waals surface area contributed by atoms with Crippen LogP contribution in [0.5, 0.6) is 5.75 Å². The molecule has 7 heteroatoms. The van der Waals surface area contributed by atoms with E-state index in [1.54, 1.807) is 24.3 Å². The van der Waals surface area contributed by atoms with Crippen molar-refractivity contribution in [2.45, 2.75) is 0 Å². The number of rotatable bonds is 2. The van der Waals surface area contributed by atoms with Gasteiger partial charge < -0.3 is 10.1 Å². The molecule has 0 amide bonds. The fourth-order valence-corrected chi connectivity index (χ4v) is 3.53. The van der Waals surface area contributed by atoms with E-state index in [-0.39, 0.29) is 11.3 Å². The number of thiophene rings is 1. The molecular weight excluding hydrogens is 378 g/mol. The molecule has 2 N–H and O–H groups in total. The van der Waals surface area contributed by atoms with E-state index in [1.165, 1.54) is 17.4 Å². The minimum atomic E-state index is -0.642. The molecule has 0 bridgehead atoms. The average Bonchev–Trinajstić information content (AvgIpc) is 2.84. The molecule has 0 saturated carbocycles. The Morgan fingerprint density at radius 1 is 1.29 bits per heavy atom. The molecule has 0 atom stereocenters. The van der Waals surface area contributed by atoms with Gasteiger partial charge in [-0.15, -0.1) is 11.3 Å². The molecule has 0 aliphatic heterocycles. The molecule has 2 heterocycles. The molecule has 3 aromatic rings. The number of aromatic amines is 1. The summed E-state index contributed by atoms with van der Waals surface area (Å²) in [6.07, 6.45) is 0. The summed E-state index contributed by atoms with van der Waals surface area (Å²) in [4.78, 5) is 27.4. The van der Waals surface area contributed by atoms with Crippen molar-refractivity contribution in [2.75, 3.05) is 0 Å². The molecule has 0 aliphatic rings. The predicted octanol–water partition coefficient (Wildman–Crippen LogP) is 3.94. The van der Waals surface area contributed by atoms with E-state index >= 15 is 0 Å². The number of hydrogen-bond acceptors (Lipinski definition) is 4. The van der Waals surface area contributed by atoms with Crippen LogP contribution in [-0.4, -0.2) is 15.9 Å². The van der Waals surface area contributed by atoms with Crippen LogP contribution in [0.3, 0.4) is 0 Å². The summed E-state index contributed by atoms with van der Waals surface area (Å²) in [6, 6.07) is 7.97. The number of pyridine rings is 1. The number of halogens is 2. The molecule has 0 fully saturated rings. The number of nitrogens with one attached hydrogen (secondary N) is 1. The topological polar surface area (TPSA) is 70.2 Å². The number of H-pyrrole nitrogens is 1. The first-order chi connectivity index (χ1) is 9.97. The Labute approximate surface area is 136 Å². The van der Waals surface area contributed by atoms with Crippen molar-refractivity contribution >= 4 is 55.6 Å². The van der Waals surface area contributed by atoms with Crippen LogP contribution in [0.25, 0.3) is 10.9 Å². The maximum atomic E-state index is 12.4. The quantitative estimate of drug-likeness (QED) is 0.657. The largest absolute Gasteiger partial charge is 0.506 e. The van der Waals surface area contributed by atoms with Crippen molar-refractivity contribution in [1.82, 2.24) is 4.98 Å². The van der Waals surface area contributed by atoms with Crippen LogP contribution in [0.2, 0.25) is 5.02 Å². The number of carbonyl (C=O) groups is 1. The third kappa shape index (κ3) is 2.50. The van der Waals surface area contributed by atoms with Crippen LogP contribution < -0.4 is 5.56 Å². The van der Waals surface area contributed by atoms with Crippen molar-refractivity contribution < 1.29 is 9.90 Å². The third-order valence-corrected chi connectivity index (χ3v) is 4.83. The molecule has 21 heavy (non-hydrogen) atoms. The van der Waals surface area contributed by atoms with E-state index in [0.717, 1.165) is 3.79 Å². The number of benzene rings is 1. The predicted molar refractivity (Wildman–Crippen MR) is 86.7 cm³/mol. The lowest BCUT2D eigenvalue weighted by atomic mass is 10.1. The van der Waals surface area contributed by atoms with Crippen molar-refractivity contribution in [3.8, 4) is 5.75 Å². The molecular formula is C14H7BrClNO3S. The molecule has 1 aromatic carbocycles. The second kappa shape index (κ2) is 5.29. The number of aromatic nitrogens is 1. The van der Waals surface area contributed by atoms with Crippen LogP contribution >= 0.6 is 38.9 Å². The molecule has 2 aromatic heterocycles. The van der Waals surface area contributed by atoms with Gasteiger partial charge in [0.1, 0.15) is 11.3 Å². The molecule has 4 nitrogen and oxygen atoms in total. The van der Waals surface area contributed by atoms with E-state index < -0.39 is 11.3 Å². The van der Waals surface area contributed by atoms with E-state index in [9.17, 15) is 14.7 Å². The Morgan fingerprint density at radius 2 is 2.05 bits per heavy atom. The zero-order valence-corrected chi connectivity index (χ0v) is 13.5. The van der Waals surface area contributed by atoms with Gasteiger partial charge in [0.05, 0.1) is 14.2 Å². The standard InChI is InChI=1S/C14H7BrClNO3S/c15-10-4-3-9(21-10)13(19)11-12(18)7-2-1-6(16)5-8(7)17-14(11)20/h1-5H,(H2,17,18,20). The van der Waals surface area contributed by atoms with Crippen LogP contribution in [0, 0.1) is 0 Å². The van der Waals surface area contributed by atoms with Gasteiger partial charge in [-0.2, -0.15) is 0 Å². The number of ketones is 1. The molecule has 0 radical (unpaired) electrons. The first kappa shape index (κ1) is 14.3. The fraction of sp³-hybridized carbons (Fsp3) is 0. The SMILES string of the molecule is O=C(c1ccc(Br)s1)c1c(O)c2ccc(Cl)cc2[nH]c1=O. The summed E-state index contributed by atoms with van der Waals surface area (Å²) in [5.41, 5.74) is -0.523. The zero-order chi connectivity index (χ0) is 15.1. The maximum absolute atomic E-state index is 12.4. The monoisotopic (exact) mass is 383 g/mol. The summed E-state index contributed by atoms with van der Waals surface area (Å²) in [5.74, 6) is -0.846. The smallest absolute Gasteiger partial charge is 0.263 e. The number of carbonyl (C=O) groups excluding carboxylic acids is 1. The van der Waals surface area contributed by atoms with Gasteiger partial charge in [-0.25, -0.2) is 0 Å². The van der Waals surface area contributed by atoms with E-state index in [4.69, 9.17) is 11.6 Å². The summed E-state index contributed by atoms with van der Waals surface area (Å²) in [6.45, 7) is 0. The first-order valence-electron chi connectivity index (χ1n) is 5.82. The highest BCUT2D eigenvalue weighted by Gasteiger charge is 2.21. The van der Waals surface area contributed by atoms with Crippen LogP contribution in [0.1, 0.15) is 15.2 Å². The van der Waals surface area contributed by atoms with E-state index in [1.807, 2.05) is 0 Å². The van der Waals surface area contributed by atoms with Gasteiger partial charge in [-0.3, -0.25) is 9.59 Å². The number of fused-ring (bicyclic) bond motifs is 1. The number of aromatic hydroxyl groups is 1. The summed E-state index contributed by atoms with van der Waals surface area (Å²) in [7, 11) is 0. The second-order valence-electron chi connectivity index (χ2n) is 4.30. The minimum Gasteiger partial charge on any atom is -0.506 e. The highest BCUT2D eigenvalue weighted by molar-refractivity contribution is 9.11. The summed E-state index contributed by atoms with van der Waals surface area (Å²) < 4.78 is 0.773. The van der Waals surface area contributed by atoms with Gasteiger partial charge in [0.2, 0.25) is 5.78 Å². The Bertz CT molecular complexity index is 932. The minimum absolute atomic E-state index is 0.265. The van der Waals surface area contributed by atoms with Gasteiger partial charge in [-0.1, -0.05) is 11.6 Å². The Morgan fingerprint density at radius 3 is 2.71 bits per heavy atom. The number of hydrogen-bond donors (Lipinski definition) is 2. The fourth-order valence-electron chi connectivity index (χ4n) is 2.02. The summed E-state index contributed by atoms with van der Waals surface area (Å²) >= 11 is 10.3. The van der Waals surface area contributed by atoms with Gasteiger partial charge in [-0.05, 0) is 46.3 Å². The zero-order valence-electron chi connectivity index (χ0n) is 10.3. The maximum Gasteiger partial charge on any atom is 0.263 e. The first-order valence-corrected chi connectivity index (χ1v) is 7.80. The summed E-state index contributed by atoms with van der Waals surface area (Å²) in [5, 5.41) is 11.1. The Hall–Kier alpha value is -1.63. The van der Waals surface area contributed by atoms with E-state index in [2.05, 4.69) is 20.9 Å². The van der Waals surface area contributed by atoms with Gasteiger partial charge in [0.25, 0.3) is 5.56 Å². The molecule has 0 spiro atoms. The van der Waals surface area contributed by atoms with Gasteiger partial charge in [0, 0.05) is 10.4 Å². The molecule has 0 saturated heterocycles. The van der Waals surface area contributed by atoms with Crippen molar-refractivity contribution in [1.29, 1.82) is 0 Å². The molecule has 3 rings (SSSR count). The highest BCUT2D eigenvalue weighted by Crippen LogP contribution is 2.30. The van der Waals surface area contributed by atoms with E-state index in [0.29, 0.717) is 20.8 Å². The highest BCUT2D eigenvalue weighted by atomic mass is 79.9. The van der Waals surface area contributed by atoms with Gasteiger partial charge in [0.15, 0.2) is 0 Å². The lowest BCUT2D eigenvalue weighted by molar-refractivity contribution is 0.103. The molecule has 106 valence electrons. The third-order valence-electron chi connectivity index (χ3n) is 2.97. The normalized spacial score (nSPS) is 11.0. The average molecular weight is 385 g/mol. The van der Waals surface area contributed by atoms with Crippen molar-refractivity contribution in [3.63, 3.8) is 0 Å². The Kier molecular flexibility index (Phi) is 3.61. The molecule has 0 aliphatic carbocycles.